The molecule has 0 amide bonds. The lowest BCUT2D eigenvalue weighted by molar-refractivity contribution is 0.0449. The van der Waals surface area contributed by atoms with Gasteiger partial charge in [-0.05, 0) is 50.4 Å². The van der Waals surface area contributed by atoms with Gasteiger partial charge >= 0.3 is 0 Å². The fourth-order valence-corrected chi connectivity index (χ4v) is 2.27. The Morgan fingerprint density at radius 2 is 1.95 bits per heavy atom. The minimum atomic E-state index is -0.510. The number of ether oxygens (including phenoxy) is 2. The van der Waals surface area contributed by atoms with E-state index in [0.29, 0.717) is 0 Å². The average Bonchev–Trinajstić information content (AvgIpc) is 3.34. The lowest BCUT2D eigenvalue weighted by Crippen LogP contribution is -2.36. The van der Waals surface area contributed by atoms with Gasteiger partial charge in [0.1, 0.15) is 5.75 Å². The summed E-state index contributed by atoms with van der Waals surface area (Å²) >= 11 is 0. The average molecular weight is 293 g/mol. The van der Waals surface area contributed by atoms with Gasteiger partial charge in [-0.3, -0.25) is 4.90 Å². The van der Waals surface area contributed by atoms with Crippen LogP contribution in [-0.2, 0) is 4.74 Å². The molecule has 0 saturated heterocycles. The minimum Gasteiger partial charge on any atom is -0.497 e. The zero-order chi connectivity index (χ0) is 15.2. The Morgan fingerprint density at radius 3 is 2.52 bits per heavy atom. The largest absolute Gasteiger partial charge is 0.497 e. The van der Waals surface area contributed by atoms with E-state index in [9.17, 15) is 5.11 Å². The van der Waals surface area contributed by atoms with Gasteiger partial charge in [0.05, 0.1) is 19.8 Å². The van der Waals surface area contributed by atoms with E-state index in [2.05, 4.69) is 4.90 Å². The number of likely N-dealkylation sites (N-methyl/N-ethyl adjacent to an activating group) is 1. The first-order chi connectivity index (χ1) is 10.1. The highest BCUT2D eigenvalue weighted by Crippen LogP contribution is 2.28. The number of methoxy groups -OCH3 is 1. The zero-order valence-electron chi connectivity index (χ0n) is 13.3. The molecule has 0 radical (unpaired) electrons. The molecular weight excluding hydrogens is 266 g/mol. The Bertz CT molecular complexity index is 417. The molecule has 0 bridgehead atoms. The lowest BCUT2D eigenvalue weighted by Gasteiger charge is -2.29. The summed E-state index contributed by atoms with van der Waals surface area (Å²) in [5.74, 6) is 1.61. The lowest BCUT2D eigenvalue weighted by atomic mass is 10.0. The van der Waals surface area contributed by atoms with Crippen molar-refractivity contribution in [2.24, 2.45) is 5.92 Å². The van der Waals surface area contributed by atoms with Crippen LogP contribution in [0, 0.1) is 5.92 Å². The summed E-state index contributed by atoms with van der Waals surface area (Å²) in [5.41, 5.74) is 0.911. The fraction of sp³-hybridized carbons (Fsp3) is 0.647. The van der Waals surface area contributed by atoms with Crippen LogP contribution in [0.15, 0.2) is 24.3 Å². The molecule has 21 heavy (non-hydrogen) atoms. The van der Waals surface area contributed by atoms with Crippen LogP contribution in [-0.4, -0.2) is 50.0 Å². The standard InChI is InChI=1S/C17H27NO3/c1-13(18(2)10-11-21-12-14-4-5-14)17(19)15-6-8-16(20-3)9-7-15/h6-9,13-14,17,19H,4-5,10-12H2,1-3H3. The highest BCUT2D eigenvalue weighted by atomic mass is 16.5. The summed E-state index contributed by atoms with van der Waals surface area (Å²) in [4.78, 5) is 2.14. The molecule has 2 unspecified atom stereocenters. The molecule has 1 aliphatic rings. The molecule has 1 aromatic carbocycles. The summed E-state index contributed by atoms with van der Waals surface area (Å²) in [6.45, 7) is 4.49. The molecule has 4 heteroatoms. The van der Waals surface area contributed by atoms with E-state index < -0.39 is 6.10 Å². The number of benzene rings is 1. The summed E-state index contributed by atoms with van der Waals surface area (Å²) in [6.07, 6.45) is 2.13. The summed E-state index contributed by atoms with van der Waals surface area (Å²) in [7, 11) is 3.67. The van der Waals surface area contributed by atoms with Crippen molar-refractivity contribution in [2.75, 3.05) is 33.9 Å². The van der Waals surface area contributed by atoms with Gasteiger partial charge in [-0.1, -0.05) is 12.1 Å². The van der Waals surface area contributed by atoms with Crippen molar-refractivity contribution < 1.29 is 14.6 Å². The molecule has 2 atom stereocenters. The van der Waals surface area contributed by atoms with Crippen molar-refractivity contribution in [1.82, 2.24) is 4.90 Å². The van der Waals surface area contributed by atoms with Gasteiger partial charge in [0, 0.05) is 19.2 Å². The third-order valence-electron chi connectivity index (χ3n) is 4.25. The fourth-order valence-electron chi connectivity index (χ4n) is 2.27. The Balaban J connectivity index is 1.77. The predicted octanol–water partition coefficient (Wildman–Crippen LogP) is 2.48. The van der Waals surface area contributed by atoms with Crippen LogP contribution < -0.4 is 4.74 Å². The molecule has 1 aliphatic carbocycles. The van der Waals surface area contributed by atoms with Gasteiger partial charge in [-0.25, -0.2) is 0 Å². The quantitative estimate of drug-likeness (QED) is 0.710. The molecule has 0 heterocycles. The van der Waals surface area contributed by atoms with Crippen molar-refractivity contribution in [1.29, 1.82) is 0 Å². The SMILES string of the molecule is COc1ccc(C(O)C(C)N(C)CCOCC2CC2)cc1. The summed E-state index contributed by atoms with van der Waals surface area (Å²) in [5, 5.41) is 10.5. The summed E-state index contributed by atoms with van der Waals surface area (Å²) in [6, 6.07) is 7.63. The number of hydrogen-bond donors (Lipinski definition) is 1. The van der Waals surface area contributed by atoms with E-state index in [1.807, 2.05) is 38.2 Å². The molecule has 4 nitrogen and oxygen atoms in total. The normalized spacial score (nSPS) is 17.8. The van der Waals surface area contributed by atoms with Crippen molar-refractivity contribution >= 4 is 0 Å². The summed E-state index contributed by atoms with van der Waals surface area (Å²) < 4.78 is 10.8. The molecule has 0 spiro atoms. The number of aliphatic hydroxyl groups is 1. The highest BCUT2D eigenvalue weighted by molar-refractivity contribution is 5.29. The van der Waals surface area contributed by atoms with Gasteiger partial charge in [-0.2, -0.15) is 0 Å². The first-order valence-corrected chi connectivity index (χ1v) is 7.72. The van der Waals surface area contributed by atoms with Crippen molar-refractivity contribution in [2.45, 2.75) is 31.9 Å². The number of aliphatic hydroxyl groups excluding tert-OH is 1. The van der Waals surface area contributed by atoms with E-state index in [-0.39, 0.29) is 6.04 Å². The maximum atomic E-state index is 10.5. The molecule has 118 valence electrons. The predicted molar refractivity (Wildman–Crippen MR) is 83.6 cm³/mol. The van der Waals surface area contributed by atoms with Crippen LogP contribution in [0.25, 0.3) is 0 Å². The maximum Gasteiger partial charge on any atom is 0.118 e. The molecule has 0 aromatic heterocycles. The Kier molecular flexibility index (Phi) is 6.03. The highest BCUT2D eigenvalue weighted by Gasteiger charge is 2.22. The molecule has 1 aromatic rings. The Hall–Kier alpha value is -1.10. The topological polar surface area (TPSA) is 41.9 Å². The maximum absolute atomic E-state index is 10.5. The van der Waals surface area contributed by atoms with Crippen molar-refractivity contribution in [3.63, 3.8) is 0 Å². The van der Waals surface area contributed by atoms with Gasteiger partial charge in [0.2, 0.25) is 0 Å². The molecule has 2 rings (SSSR count). The monoisotopic (exact) mass is 293 g/mol. The smallest absolute Gasteiger partial charge is 0.118 e. The van der Waals surface area contributed by atoms with E-state index >= 15 is 0 Å². The second-order valence-corrected chi connectivity index (χ2v) is 5.96. The number of hydrogen-bond acceptors (Lipinski definition) is 4. The second-order valence-electron chi connectivity index (χ2n) is 5.96. The Labute approximate surface area is 127 Å². The second kappa shape index (κ2) is 7.78. The van der Waals surface area contributed by atoms with E-state index in [0.717, 1.165) is 37.0 Å². The molecule has 1 saturated carbocycles. The Morgan fingerprint density at radius 1 is 1.29 bits per heavy atom. The van der Waals surface area contributed by atoms with Crippen LogP contribution in [0.5, 0.6) is 5.75 Å². The third-order valence-corrected chi connectivity index (χ3v) is 4.25. The van der Waals surface area contributed by atoms with Crippen LogP contribution in [0.3, 0.4) is 0 Å². The van der Waals surface area contributed by atoms with E-state index in [1.165, 1.54) is 12.8 Å². The molecular formula is C17H27NO3. The molecule has 1 fully saturated rings. The zero-order valence-corrected chi connectivity index (χ0v) is 13.3. The first-order valence-electron chi connectivity index (χ1n) is 7.72. The van der Waals surface area contributed by atoms with E-state index in [1.54, 1.807) is 7.11 Å². The molecule has 1 N–H and O–H groups in total. The van der Waals surface area contributed by atoms with Gasteiger partial charge in [0.25, 0.3) is 0 Å². The first kappa shape index (κ1) is 16.3. The molecule has 0 aliphatic heterocycles. The number of nitrogens with zero attached hydrogens (tertiary/aromatic N) is 1. The third kappa shape index (κ3) is 4.99. The van der Waals surface area contributed by atoms with Crippen LogP contribution in [0.4, 0.5) is 0 Å². The van der Waals surface area contributed by atoms with Gasteiger partial charge < -0.3 is 14.6 Å². The van der Waals surface area contributed by atoms with Crippen LogP contribution >= 0.6 is 0 Å². The van der Waals surface area contributed by atoms with Gasteiger partial charge in [-0.15, -0.1) is 0 Å². The van der Waals surface area contributed by atoms with Crippen LogP contribution in [0.1, 0.15) is 31.4 Å². The number of rotatable bonds is 9. The van der Waals surface area contributed by atoms with Crippen molar-refractivity contribution in [3.05, 3.63) is 29.8 Å². The minimum absolute atomic E-state index is 0.0444. The van der Waals surface area contributed by atoms with Gasteiger partial charge in [0.15, 0.2) is 0 Å². The van der Waals surface area contributed by atoms with E-state index in [4.69, 9.17) is 9.47 Å². The van der Waals surface area contributed by atoms with Crippen molar-refractivity contribution in [3.8, 4) is 5.75 Å². The van der Waals surface area contributed by atoms with Crippen LogP contribution in [0.2, 0.25) is 0 Å².